The summed E-state index contributed by atoms with van der Waals surface area (Å²) in [6.07, 6.45) is 1.52. The van der Waals surface area contributed by atoms with E-state index >= 15 is 0 Å². The number of nitrogens with one attached hydrogen (secondary N) is 1. The van der Waals surface area contributed by atoms with E-state index in [-0.39, 0.29) is 5.75 Å². The molecule has 7 nitrogen and oxygen atoms in total. The van der Waals surface area contributed by atoms with E-state index in [0.717, 1.165) is 16.8 Å². The Kier molecular flexibility index (Phi) is 6.27. The summed E-state index contributed by atoms with van der Waals surface area (Å²) in [5.74, 6) is 1.71. The van der Waals surface area contributed by atoms with Crippen LogP contribution in [-0.2, 0) is 0 Å². The minimum Gasteiger partial charge on any atom is -0.507 e. The minimum atomic E-state index is 0.142. The van der Waals surface area contributed by atoms with Gasteiger partial charge in [-0.3, -0.25) is 0 Å². The average molecular weight is 426 g/mol. The molecule has 32 heavy (non-hydrogen) atoms. The molecule has 0 saturated heterocycles. The molecule has 0 amide bonds. The smallest absolute Gasteiger partial charge is 0.244 e. The number of benzene rings is 3. The van der Waals surface area contributed by atoms with E-state index in [1.54, 1.807) is 32.4 Å². The maximum Gasteiger partial charge on any atom is 0.244 e. The Balaban J connectivity index is 1.73. The van der Waals surface area contributed by atoms with Gasteiger partial charge in [0, 0.05) is 16.7 Å². The number of methoxy groups -OCH3 is 2. The number of aromatic hydroxyl groups is 1. The van der Waals surface area contributed by atoms with E-state index in [4.69, 9.17) is 9.47 Å². The van der Waals surface area contributed by atoms with Crippen molar-refractivity contribution in [3.05, 3.63) is 84.4 Å². The highest BCUT2D eigenvalue weighted by Gasteiger charge is 2.11. The van der Waals surface area contributed by atoms with Gasteiger partial charge >= 0.3 is 0 Å². The van der Waals surface area contributed by atoms with E-state index in [2.05, 4.69) is 20.5 Å². The predicted molar refractivity (Wildman–Crippen MR) is 125 cm³/mol. The summed E-state index contributed by atoms with van der Waals surface area (Å²) in [6, 6.07) is 24.3. The number of rotatable bonds is 7. The van der Waals surface area contributed by atoms with Gasteiger partial charge in [-0.25, -0.2) is 15.4 Å². The zero-order chi connectivity index (χ0) is 22.3. The molecule has 4 aromatic rings. The van der Waals surface area contributed by atoms with E-state index in [0.29, 0.717) is 28.7 Å². The molecule has 7 heteroatoms. The van der Waals surface area contributed by atoms with Crippen molar-refractivity contribution in [2.75, 3.05) is 19.6 Å². The topological polar surface area (TPSA) is 88.9 Å². The Morgan fingerprint density at radius 3 is 2.19 bits per heavy atom. The maximum absolute atomic E-state index is 9.91. The fourth-order valence-corrected chi connectivity index (χ4v) is 3.15. The van der Waals surface area contributed by atoms with Gasteiger partial charge < -0.3 is 14.6 Å². The quantitative estimate of drug-likeness (QED) is 0.320. The maximum atomic E-state index is 9.91. The van der Waals surface area contributed by atoms with E-state index in [9.17, 15) is 5.11 Å². The third kappa shape index (κ3) is 4.67. The second kappa shape index (κ2) is 9.61. The van der Waals surface area contributed by atoms with Crippen LogP contribution in [0.3, 0.4) is 0 Å². The first-order valence-electron chi connectivity index (χ1n) is 9.92. The second-order valence-corrected chi connectivity index (χ2v) is 6.83. The Morgan fingerprint density at radius 2 is 1.47 bits per heavy atom. The van der Waals surface area contributed by atoms with Crippen molar-refractivity contribution >= 4 is 12.2 Å². The van der Waals surface area contributed by atoms with Crippen LogP contribution in [0.15, 0.2) is 84.0 Å². The molecular formula is C25H22N4O3. The Morgan fingerprint density at radius 1 is 0.781 bits per heavy atom. The SMILES string of the molecule is COc1ccc(-c2cc(-c3ccccc3)nc(N/N=C\c3ccccc3O)n2)cc1OC. The van der Waals surface area contributed by atoms with Crippen molar-refractivity contribution in [3.63, 3.8) is 0 Å². The van der Waals surface area contributed by atoms with Gasteiger partial charge in [-0.1, -0.05) is 42.5 Å². The normalized spacial score (nSPS) is 10.8. The van der Waals surface area contributed by atoms with Crippen molar-refractivity contribution in [2.24, 2.45) is 5.10 Å². The highest BCUT2D eigenvalue weighted by Crippen LogP contribution is 2.33. The molecule has 0 unspecified atom stereocenters. The number of phenols is 1. The lowest BCUT2D eigenvalue weighted by atomic mass is 10.1. The summed E-state index contributed by atoms with van der Waals surface area (Å²) in [5.41, 5.74) is 6.68. The molecule has 3 aromatic carbocycles. The third-order valence-corrected chi connectivity index (χ3v) is 4.78. The average Bonchev–Trinajstić information content (AvgIpc) is 2.85. The number of phenolic OH excluding ortho intramolecular Hbond substituents is 1. The fraction of sp³-hybridized carbons (Fsp3) is 0.0800. The van der Waals surface area contributed by atoms with Gasteiger partial charge in [0.1, 0.15) is 5.75 Å². The first-order chi connectivity index (χ1) is 15.7. The van der Waals surface area contributed by atoms with Gasteiger partial charge in [-0.05, 0) is 36.4 Å². The van der Waals surface area contributed by atoms with Crippen molar-refractivity contribution in [2.45, 2.75) is 0 Å². The molecule has 2 N–H and O–H groups in total. The lowest BCUT2D eigenvalue weighted by Gasteiger charge is -2.11. The number of aromatic nitrogens is 2. The first-order valence-corrected chi connectivity index (χ1v) is 9.92. The fourth-order valence-electron chi connectivity index (χ4n) is 3.15. The predicted octanol–water partition coefficient (Wildman–Crippen LogP) is 4.98. The number of anilines is 1. The van der Waals surface area contributed by atoms with Crippen molar-refractivity contribution in [3.8, 4) is 39.8 Å². The molecule has 0 fully saturated rings. The molecule has 0 atom stereocenters. The summed E-state index contributed by atoms with van der Waals surface area (Å²) < 4.78 is 10.8. The van der Waals surface area contributed by atoms with Crippen LogP contribution in [-0.4, -0.2) is 35.5 Å². The summed E-state index contributed by atoms with van der Waals surface area (Å²) >= 11 is 0. The molecule has 0 radical (unpaired) electrons. The highest BCUT2D eigenvalue weighted by atomic mass is 16.5. The summed E-state index contributed by atoms with van der Waals surface area (Å²) in [6.45, 7) is 0. The number of hydrogen-bond acceptors (Lipinski definition) is 7. The van der Waals surface area contributed by atoms with Crippen molar-refractivity contribution in [1.29, 1.82) is 0 Å². The Hall–Kier alpha value is -4.39. The van der Waals surface area contributed by atoms with E-state index < -0.39 is 0 Å². The van der Waals surface area contributed by atoms with E-state index in [1.807, 2.05) is 60.7 Å². The number of para-hydroxylation sites is 1. The van der Waals surface area contributed by atoms with Crippen LogP contribution in [0.2, 0.25) is 0 Å². The zero-order valence-corrected chi connectivity index (χ0v) is 17.7. The summed E-state index contributed by atoms with van der Waals surface area (Å²) in [5, 5.41) is 14.1. The van der Waals surface area contributed by atoms with Crippen LogP contribution >= 0.6 is 0 Å². The Labute approximate surface area is 186 Å². The number of hydrazone groups is 1. The summed E-state index contributed by atoms with van der Waals surface area (Å²) in [4.78, 5) is 9.22. The van der Waals surface area contributed by atoms with Crippen molar-refractivity contribution < 1.29 is 14.6 Å². The molecule has 160 valence electrons. The molecule has 0 aliphatic rings. The van der Waals surface area contributed by atoms with Crippen LogP contribution in [0.4, 0.5) is 5.95 Å². The van der Waals surface area contributed by atoms with Gasteiger partial charge in [0.25, 0.3) is 0 Å². The molecule has 0 bridgehead atoms. The van der Waals surface area contributed by atoms with E-state index in [1.165, 1.54) is 6.21 Å². The standard InChI is InChI=1S/C25H22N4O3/c1-31-23-13-12-18(14-24(23)32-2)21-15-20(17-8-4-3-5-9-17)27-25(28-21)29-26-16-19-10-6-7-11-22(19)30/h3-16,30H,1-2H3,(H,27,28,29)/b26-16-. The number of hydrogen-bond donors (Lipinski definition) is 2. The van der Waals surface area contributed by atoms with Crippen LogP contribution in [0.25, 0.3) is 22.5 Å². The minimum absolute atomic E-state index is 0.142. The largest absolute Gasteiger partial charge is 0.507 e. The second-order valence-electron chi connectivity index (χ2n) is 6.83. The highest BCUT2D eigenvalue weighted by molar-refractivity contribution is 5.83. The van der Waals surface area contributed by atoms with Crippen LogP contribution in [0.5, 0.6) is 17.2 Å². The molecule has 0 aliphatic heterocycles. The third-order valence-electron chi connectivity index (χ3n) is 4.78. The first kappa shape index (κ1) is 20.9. The molecule has 1 heterocycles. The molecule has 0 spiro atoms. The number of ether oxygens (including phenoxy) is 2. The van der Waals surface area contributed by atoms with Gasteiger partial charge in [0.2, 0.25) is 5.95 Å². The van der Waals surface area contributed by atoms with Crippen LogP contribution < -0.4 is 14.9 Å². The Bertz CT molecular complexity index is 1240. The van der Waals surface area contributed by atoms with Gasteiger partial charge in [0.15, 0.2) is 11.5 Å². The van der Waals surface area contributed by atoms with Gasteiger partial charge in [-0.15, -0.1) is 0 Å². The monoisotopic (exact) mass is 426 g/mol. The lowest BCUT2D eigenvalue weighted by molar-refractivity contribution is 0.355. The van der Waals surface area contributed by atoms with Gasteiger partial charge in [0.05, 0.1) is 31.8 Å². The summed E-state index contributed by atoms with van der Waals surface area (Å²) in [7, 11) is 3.19. The van der Waals surface area contributed by atoms with Crippen LogP contribution in [0, 0.1) is 0 Å². The van der Waals surface area contributed by atoms with Crippen LogP contribution in [0.1, 0.15) is 5.56 Å². The molecule has 1 aromatic heterocycles. The molecular weight excluding hydrogens is 404 g/mol. The zero-order valence-electron chi connectivity index (χ0n) is 17.7. The molecule has 4 rings (SSSR count). The molecule has 0 aliphatic carbocycles. The molecule has 0 saturated carbocycles. The van der Waals surface area contributed by atoms with Crippen molar-refractivity contribution in [1.82, 2.24) is 9.97 Å². The van der Waals surface area contributed by atoms with Gasteiger partial charge in [-0.2, -0.15) is 5.10 Å². The lowest BCUT2D eigenvalue weighted by Crippen LogP contribution is -2.00. The number of nitrogens with zero attached hydrogens (tertiary/aromatic N) is 3.